The standard InChI is InChI=1S/C9H10ClN5S/c1-5(8-12-2-3-16-8)14-7-6(10)4-13-9(11)15-7/h2-5H,1H3,(H3,11,13,14,15). The summed E-state index contributed by atoms with van der Waals surface area (Å²) in [6, 6.07) is 0.0341. The molecular formula is C9H10ClN5S. The fourth-order valence-electron chi connectivity index (χ4n) is 1.20. The van der Waals surface area contributed by atoms with E-state index in [0.29, 0.717) is 10.8 Å². The fourth-order valence-corrected chi connectivity index (χ4v) is 1.99. The highest BCUT2D eigenvalue weighted by Gasteiger charge is 2.11. The first-order valence-electron chi connectivity index (χ1n) is 4.61. The summed E-state index contributed by atoms with van der Waals surface area (Å²) in [6.07, 6.45) is 3.23. The van der Waals surface area contributed by atoms with Gasteiger partial charge < -0.3 is 11.1 Å². The highest BCUT2D eigenvalue weighted by molar-refractivity contribution is 7.09. The number of nitrogens with one attached hydrogen (secondary N) is 1. The van der Waals surface area contributed by atoms with E-state index in [9.17, 15) is 0 Å². The van der Waals surface area contributed by atoms with Crippen LogP contribution >= 0.6 is 22.9 Å². The predicted molar refractivity (Wildman–Crippen MR) is 65.6 cm³/mol. The first-order valence-corrected chi connectivity index (χ1v) is 5.86. The van der Waals surface area contributed by atoms with Crippen molar-refractivity contribution in [2.75, 3.05) is 11.1 Å². The van der Waals surface area contributed by atoms with Gasteiger partial charge in [-0.2, -0.15) is 4.98 Å². The first kappa shape index (κ1) is 11.1. The molecule has 0 aliphatic rings. The van der Waals surface area contributed by atoms with Crippen molar-refractivity contribution >= 4 is 34.7 Å². The van der Waals surface area contributed by atoms with Gasteiger partial charge in [-0.05, 0) is 6.92 Å². The number of hydrogen-bond donors (Lipinski definition) is 2. The van der Waals surface area contributed by atoms with Crippen LogP contribution in [0.5, 0.6) is 0 Å². The van der Waals surface area contributed by atoms with Crippen molar-refractivity contribution in [3.05, 3.63) is 27.8 Å². The molecule has 0 radical (unpaired) electrons. The molecule has 7 heteroatoms. The third-order valence-electron chi connectivity index (χ3n) is 1.94. The molecule has 0 saturated carbocycles. The number of anilines is 2. The van der Waals surface area contributed by atoms with Gasteiger partial charge in [-0.25, -0.2) is 9.97 Å². The number of aromatic nitrogens is 3. The topological polar surface area (TPSA) is 76.7 Å². The molecule has 2 aromatic heterocycles. The Labute approximate surface area is 102 Å². The molecule has 2 heterocycles. The van der Waals surface area contributed by atoms with E-state index in [0.717, 1.165) is 5.01 Å². The lowest BCUT2D eigenvalue weighted by atomic mass is 10.3. The van der Waals surface area contributed by atoms with Crippen LogP contribution in [0.4, 0.5) is 11.8 Å². The smallest absolute Gasteiger partial charge is 0.222 e. The summed E-state index contributed by atoms with van der Waals surface area (Å²) in [7, 11) is 0. The molecule has 2 rings (SSSR count). The van der Waals surface area contributed by atoms with E-state index in [1.165, 1.54) is 6.20 Å². The van der Waals surface area contributed by atoms with Crippen LogP contribution in [0.1, 0.15) is 18.0 Å². The van der Waals surface area contributed by atoms with Crippen LogP contribution in [-0.4, -0.2) is 15.0 Å². The van der Waals surface area contributed by atoms with E-state index in [1.54, 1.807) is 17.5 Å². The molecule has 0 aromatic carbocycles. The minimum absolute atomic E-state index is 0.0341. The average molecular weight is 256 g/mol. The minimum atomic E-state index is 0.0341. The van der Waals surface area contributed by atoms with Gasteiger partial charge in [0.2, 0.25) is 5.95 Å². The van der Waals surface area contributed by atoms with Crippen molar-refractivity contribution < 1.29 is 0 Å². The van der Waals surface area contributed by atoms with E-state index in [-0.39, 0.29) is 12.0 Å². The molecule has 0 aliphatic heterocycles. The van der Waals surface area contributed by atoms with E-state index < -0.39 is 0 Å². The number of nitrogen functional groups attached to an aromatic ring is 1. The highest BCUT2D eigenvalue weighted by atomic mass is 35.5. The molecule has 0 bridgehead atoms. The summed E-state index contributed by atoms with van der Waals surface area (Å²) in [6.45, 7) is 1.98. The van der Waals surface area contributed by atoms with Crippen LogP contribution in [0.2, 0.25) is 5.02 Å². The van der Waals surface area contributed by atoms with Crippen LogP contribution in [0.3, 0.4) is 0 Å². The Morgan fingerprint density at radius 1 is 1.50 bits per heavy atom. The average Bonchev–Trinajstić information content (AvgIpc) is 2.76. The Morgan fingerprint density at radius 2 is 2.31 bits per heavy atom. The normalized spacial score (nSPS) is 12.4. The van der Waals surface area contributed by atoms with E-state index in [4.69, 9.17) is 17.3 Å². The second kappa shape index (κ2) is 4.63. The Balaban J connectivity index is 2.17. The second-order valence-corrected chi connectivity index (χ2v) is 4.49. The summed E-state index contributed by atoms with van der Waals surface area (Å²) < 4.78 is 0. The molecule has 2 aromatic rings. The van der Waals surface area contributed by atoms with Crippen LogP contribution < -0.4 is 11.1 Å². The maximum absolute atomic E-state index is 5.94. The zero-order valence-corrected chi connectivity index (χ0v) is 10.1. The molecule has 1 atom stereocenters. The van der Waals surface area contributed by atoms with Crippen molar-refractivity contribution in [3.8, 4) is 0 Å². The molecule has 5 nitrogen and oxygen atoms in total. The van der Waals surface area contributed by atoms with Gasteiger partial charge in [0.05, 0.1) is 12.2 Å². The van der Waals surface area contributed by atoms with Crippen molar-refractivity contribution in [2.24, 2.45) is 0 Å². The minimum Gasteiger partial charge on any atom is -0.368 e. The molecule has 1 unspecified atom stereocenters. The SMILES string of the molecule is CC(Nc1nc(N)ncc1Cl)c1nccs1. The lowest BCUT2D eigenvalue weighted by Gasteiger charge is -2.12. The largest absolute Gasteiger partial charge is 0.368 e. The quantitative estimate of drug-likeness (QED) is 0.880. The van der Waals surface area contributed by atoms with Crippen LogP contribution in [0.15, 0.2) is 17.8 Å². The Kier molecular flexibility index (Phi) is 3.21. The van der Waals surface area contributed by atoms with Gasteiger partial charge in [-0.1, -0.05) is 11.6 Å². The van der Waals surface area contributed by atoms with Crippen LogP contribution in [0, 0.1) is 0 Å². The van der Waals surface area contributed by atoms with E-state index >= 15 is 0 Å². The van der Waals surface area contributed by atoms with Gasteiger partial charge in [0.15, 0.2) is 5.82 Å². The molecule has 0 aliphatic carbocycles. The van der Waals surface area contributed by atoms with Gasteiger partial charge in [0.1, 0.15) is 10.0 Å². The third kappa shape index (κ3) is 2.40. The molecule has 0 spiro atoms. The monoisotopic (exact) mass is 255 g/mol. The number of thiazole rings is 1. The van der Waals surface area contributed by atoms with Crippen molar-refractivity contribution in [1.29, 1.82) is 0 Å². The fraction of sp³-hybridized carbons (Fsp3) is 0.222. The molecule has 16 heavy (non-hydrogen) atoms. The Hall–Kier alpha value is -1.40. The van der Waals surface area contributed by atoms with Crippen LogP contribution in [-0.2, 0) is 0 Å². The van der Waals surface area contributed by atoms with Gasteiger partial charge in [0.25, 0.3) is 0 Å². The highest BCUT2D eigenvalue weighted by Crippen LogP contribution is 2.24. The maximum atomic E-state index is 5.94. The Bertz CT molecular complexity index is 473. The molecule has 0 amide bonds. The van der Waals surface area contributed by atoms with Crippen molar-refractivity contribution in [1.82, 2.24) is 15.0 Å². The van der Waals surface area contributed by atoms with Gasteiger partial charge in [-0.15, -0.1) is 11.3 Å². The van der Waals surface area contributed by atoms with Gasteiger partial charge in [0, 0.05) is 11.6 Å². The first-order chi connectivity index (χ1) is 7.66. The number of hydrogen-bond acceptors (Lipinski definition) is 6. The molecular weight excluding hydrogens is 246 g/mol. The van der Waals surface area contributed by atoms with E-state index in [2.05, 4.69) is 20.3 Å². The molecule has 3 N–H and O–H groups in total. The number of halogens is 1. The number of nitrogens with zero attached hydrogens (tertiary/aromatic N) is 3. The van der Waals surface area contributed by atoms with Crippen molar-refractivity contribution in [3.63, 3.8) is 0 Å². The predicted octanol–water partition coefficient (Wildman–Crippen LogP) is 2.34. The summed E-state index contributed by atoms with van der Waals surface area (Å²) in [5, 5.41) is 6.47. The Morgan fingerprint density at radius 3 is 3.00 bits per heavy atom. The molecule has 84 valence electrons. The van der Waals surface area contributed by atoms with Gasteiger partial charge >= 0.3 is 0 Å². The summed E-state index contributed by atoms with van der Waals surface area (Å²) in [5.41, 5.74) is 5.49. The van der Waals surface area contributed by atoms with E-state index in [1.807, 2.05) is 12.3 Å². The molecule has 0 fully saturated rings. The lowest BCUT2D eigenvalue weighted by Crippen LogP contribution is -2.09. The third-order valence-corrected chi connectivity index (χ3v) is 3.17. The molecule has 0 saturated heterocycles. The number of rotatable bonds is 3. The maximum Gasteiger partial charge on any atom is 0.222 e. The number of nitrogens with two attached hydrogens (primary N) is 1. The van der Waals surface area contributed by atoms with Crippen molar-refractivity contribution in [2.45, 2.75) is 13.0 Å². The van der Waals surface area contributed by atoms with Crippen LogP contribution in [0.25, 0.3) is 0 Å². The summed E-state index contributed by atoms with van der Waals surface area (Å²) in [5.74, 6) is 0.718. The summed E-state index contributed by atoms with van der Waals surface area (Å²) in [4.78, 5) is 12.0. The lowest BCUT2D eigenvalue weighted by molar-refractivity contribution is 0.859. The zero-order chi connectivity index (χ0) is 11.5. The second-order valence-electron chi connectivity index (χ2n) is 3.16. The summed E-state index contributed by atoms with van der Waals surface area (Å²) >= 11 is 7.51. The zero-order valence-electron chi connectivity index (χ0n) is 8.51. The van der Waals surface area contributed by atoms with Gasteiger partial charge in [-0.3, -0.25) is 0 Å².